The van der Waals surface area contributed by atoms with Crippen molar-refractivity contribution < 1.29 is 15.6 Å². The Hall–Kier alpha value is 0.679. The molecule has 0 aromatic carbocycles. The van der Waals surface area contributed by atoms with Gasteiger partial charge in [-0.2, -0.15) is 0 Å². The standard InChI is InChI=1S/H2O3.Sn/c1-3-2;/h1-2H;/q;+4. The van der Waals surface area contributed by atoms with Crippen LogP contribution >= 0.6 is 0 Å². The predicted molar refractivity (Wildman–Crippen MR) is 12.1 cm³/mol. The summed E-state index contributed by atoms with van der Waals surface area (Å²) < 4.78 is 0. The van der Waals surface area contributed by atoms with Gasteiger partial charge in [-0.15, -0.1) is 0 Å². The fourth-order valence-electron chi connectivity index (χ4n) is 0. The average molecular weight is 169 g/mol. The van der Waals surface area contributed by atoms with E-state index < -0.39 is 0 Å². The van der Waals surface area contributed by atoms with Crippen LogP contribution in [-0.4, -0.2) is 34.4 Å². The van der Waals surface area contributed by atoms with Gasteiger partial charge in [0.05, 0.1) is 0 Å². The maximum atomic E-state index is 6.62. The molecule has 4 heavy (non-hydrogen) atoms. The molecule has 0 rings (SSSR count). The summed E-state index contributed by atoms with van der Waals surface area (Å²) in [6.45, 7) is 0. The summed E-state index contributed by atoms with van der Waals surface area (Å²) in [4.78, 5) is 0. The molecule has 0 saturated carbocycles. The van der Waals surface area contributed by atoms with E-state index in [1.165, 1.54) is 0 Å². The van der Waals surface area contributed by atoms with Gasteiger partial charge < -0.3 is 0 Å². The van der Waals surface area contributed by atoms with Gasteiger partial charge in [0.1, 0.15) is 0 Å². The van der Waals surface area contributed by atoms with Gasteiger partial charge in [0.2, 0.25) is 0 Å². The Morgan fingerprint density at radius 2 is 1.25 bits per heavy atom. The summed E-state index contributed by atoms with van der Waals surface area (Å²) >= 11 is 0. The van der Waals surface area contributed by atoms with E-state index in [1.54, 1.807) is 0 Å². The minimum Gasteiger partial charge on any atom is -0.221 e. The van der Waals surface area contributed by atoms with Gasteiger partial charge in [0.15, 0.2) is 0 Å². The second-order valence-electron chi connectivity index (χ2n) is 0.0816. The molecule has 20 valence electrons. The van der Waals surface area contributed by atoms with E-state index in [1.807, 2.05) is 0 Å². The second kappa shape index (κ2) is 9.37. The second-order valence-corrected chi connectivity index (χ2v) is 0.0816. The molecule has 0 saturated heterocycles. The van der Waals surface area contributed by atoms with E-state index in [2.05, 4.69) is 5.04 Å². The first-order chi connectivity index (χ1) is 1.41. The molecule has 4 heteroatoms. The van der Waals surface area contributed by atoms with Crippen molar-refractivity contribution >= 4 is 23.9 Å². The van der Waals surface area contributed by atoms with Crippen molar-refractivity contribution in [3.63, 3.8) is 0 Å². The molecule has 2 N–H and O–H groups in total. The Morgan fingerprint density at radius 3 is 1.25 bits per heavy atom. The summed E-state index contributed by atoms with van der Waals surface area (Å²) in [7, 11) is 0. The van der Waals surface area contributed by atoms with Crippen LogP contribution in [0.1, 0.15) is 0 Å². The molecule has 0 aliphatic carbocycles. The zero-order valence-corrected chi connectivity index (χ0v) is 4.66. The van der Waals surface area contributed by atoms with Crippen LogP contribution < -0.4 is 0 Å². The predicted octanol–water partition coefficient (Wildman–Crippen LogP) is -0.432. The van der Waals surface area contributed by atoms with Gasteiger partial charge in [-0.3, -0.25) is 0 Å². The third-order valence-electron chi connectivity index (χ3n) is 0. The van der Waals surface area contributed by atoms with Crippen LogP contribution in [0.25, 0.3) is 0 Å². The Balaban J connectivity index is 0. The van der Waals surface area contributed by atoms with Crippen molar-refractivity contribution in [1.82, 2.24) is 0 Å². The largest absolute Gasteiger partial charge is 4.00 e. The van der Waals surface area contributed by atoms with E-state index in [-0.39, 0.29) is 23.9 Å². The van der Waals surface area contributed by atoms with Crippen molar-refractivity contribution in [2.24, 2.45) is 0 Å². The van der Waals surface area contributed by atoms with Gasteiger partial charge in [-0.05, 0) is 0 Å². The molecule has 0 amide bonds. The van der Waals surface area contributed by atoms with E-state index >= 15 is 0 Å². The number of hydrogen-bond donors (Lipinski definition) is 2. The van der Waals surface area contributed by atoms with Crippen LogP contribution in [0.5, 0.6) is 0 Å². The fraction of sp³-hybridized carbons (Fsp3) is 0. The summed E-state index contributed by atoms with van der Waals surface area (Å²) in [6.07, 6.45) is 0. The molecular formula is H2O3Sn+4. The molecule has 3 nitrogen and oxygen atoms in total. The summed E-state index contributed by atoms with van der Waals surface area (Å²) in [6, 6.07) is 0. The quantitative estimate of drug-likeness (QED) is 0.293. The van der Waals surface area contributed by atoms with Crippen molar-refractivity contribution in [2.45, 2.75) is 0 Å². The fourth-order valence-corrected chi connectivity index (χ4v) is 0. The van der Waals surface area contributed by atoms with Crippen LogP contribution in [0.4, 0.5) is 0 Å². The summed E-state index contributed by atoms with van der Waals surface area (Å²) in [5.41, 5.74) is 0. The Labute approximate surface area is 40.0 Å². The maximum Gasteiger partial charge on any atom is 4.00 e. The van der Waals surface area contributed by atoms with Gasteiger partial charge >= 0.3 is 23.9 Å². The van der Waals surface area contributed by atoms with Crippen molar-refractivity contribution in [2.75, 3.05) is 0 Å². The minimum absolute atomic E-state index is 0. The summed E-state index contributed by atoms with van der Waals surface area (Å²) in [5.74, 6) is 0. The first kappa shape index (κ1) is 8.82. The SMILES string of the molecule is OOO.[Sn+4]. The molecule has 0 aromatic rings. The molecule has 0 heterocycles. The molecule has 0 atom stereocenters. The van der Waals surface area contributed by atoms with E-state index in [0.29, 0.717) is 0 Å². The zero-order chi connectivity index (χ0) is 2.71. The minimum atomic E-state index is 0. The van der Waals surface area contributed by atoms with E-state index in [0.717, 1.165) is 0 Å². The van der Waals surface area contributed by atoms with Gasteiger partial charge in [-0.25, -0.2) is 10.5 Å². The molecule has 0 aliphatic heterocycles. The maximum absolute atomic E-state index is 6.62. The third kappa shape index (κ3) is 16.4. The van der Waals surface area contributed by atoms with Gasteiger partial charge in [-0.1, -0.05) is 5.04 Å². The first-order valence-electron chi connectivity index (χ1n) is 0.365. The van der Waals surface area contributed by atoms with Crippen LogP contribution in [0, 0.1) is 0 Å². The van der Waals surface area contributed by atoms with Crippen LogP contribution in [0.15, 0.2) is 0 Å². The van der Waals surface area contributed by atoms with Gasteiger partial charge in [0.25, 0.3) is 0 Å². The summed E-state index contributed by atoms with van der Waals surface area (Å²) in [5, 5.41) is 15.5. The van der Waals surface area contributed by atoms with E-state index in [9.17, 15) is 0 Å². The third-order valence-corrected chi connectivity index (χ3v) is 0. The van der Waals surface area contributed by atoms with E-state index in [4.69, 9.17) is 10.5 Å². The number of hydrogen-bond acceptors (Lipinski definition) is 3. The Morgan fingerprint density at radius 1 is 1.25 bits per heavy atom. The molecule has 0 radical (unpaired) electrons. The molecule has 0 aromatic heterocycles. The van der Waals surface area contributed by atoms with Gasteiger partial charge in [0, 0.05) is 0 Å². The van der Waals surface area contributed by atoms with Crippen LogP contribution in [0.3, 0.4) is 0 Å². The van der Waals surface area contributed by atoms with Crippen LogP contribution in [-0.2, 0) is 5.04 Å². The Kier molecular flexibility index (Phi) is 20.7. The zero-order valence-electron chi connectivity index (χ0n) is 1.80. The Bertz CT molecular complexity index is 3.25. The normalized spacial score (nSPS) is 4.50. The van der Waals surface area contributed by atoms with Crippen molar-refractivity contribution in [3.05, 3.63) is 0 Å². The molecule has 0 fully saturated rings. The number of rotatable bonds is 0. The van der Waals surface area contributed by atoms with Crippen LogP contribution in [0.2, 0.25) is 0 Å². The smallest absolute Gasteiger partial charge is 0.221 e. The topological polar surface area (TPSA) is 49.7 Å². The first-order valence-corrected chi connectivity index (χ1v) is 0.365. The van der Waals surface area contributed by atoms with Crippen molar-refractivity contribution in [3.8, 4) is 0 Å². The van der Waals surface area contributed by atoms with Crippen molar-refractivity contribution in [1.29, 1.82) is 0 Å². The molecule has 0 unspecified atom stereocenters. The molecule has 0 aliphatic rings. The molecule has 0 spiro atoms. The monoisotopic (exact) mass is 170 g/mol. The average Bonchev–Trinajstić information content (AvgIpc) is 0.918. The molecule has 0 bridgehead atoms. The molecular weight excluding hydrogens is 167 g/mol.